The monoisotopic (exact) mass is 939 g/mol. The Kier molecular flexibility index (Phi) is 28.9. The lowest BCUT2D eigenvalue weighted by atomic mass is 9.94. The fourth-order valence-electron chi connectivity index (χ4n) is 7.54. The molecule has 0 bridgehead atoms. The number of hydrogen-bond donors (Lipinski definition) is 8. The molecule has 2 aliphatic rings. The number of unbranched alkanes of at least 4 members (excludes halogenated alkanes) is 14. The Hall–Kier alpha value is -3.25. The van der Waals surface area contributed by atoms with Gasteiger partial charge in [0, 0.05) is 20.3 Å². The molecule has 2 saturated heterocycles. The molecule has 378 valence electrons. The molecule has 2 fully saturated rings. The van der Waals surface area contributed by atoms with Crippen molar-refractivity contribution in [2.24, 2.45) is 0 Å². The molecule has 2 heterocycles. The minimum atomic E-state index is -1.77. The molecule has 4 unspecified atom stereocenters. The third-order valence-electron chi connectivity index (χ3n) is 11.3. The lowest BCUT2D eigenvalue weighted by molar-refractivity contribution is -0.883. The van der Waals surface area contributed by atoms with Crippen LogP contribution in [0.1, 0.15) is 123 Å². The molecule has 0 aromatic carbocycles. The number of esters is 3. The Morgan fingerprint density at radius 3 is 1.58 bits per heavy atom. The second kappa shape index (κ2) is 32.5. The van der Waals surface area contributed by atoms with E-state index in [9.17, 15) is 54.6 Å². The zero-order valence-corrected chi connectivity index (χ0v) is 39.0. The minimum absolute atomic E-state index is 0.0814. The van der Waals surface area contributed by atoms with Gasteiger partial charge in [-0.15, -0.1) is 0 Å². The van der Waals surface area contributed by atoms with Crippen LogP contribution in [0.3, 0.4) is 0 Å². The maximum absolute atomic E-state index is 12.6. The Morgan fingerprint density at radius 2 is 1.06 bits per heavy atom. The second-order valence-corrected chi connectivity index (χ2v) is 17.6. The van der Waals surface area contributed by atoms with Crippen LogP contribution in [0.4, 0.5) is 4.79 Å². The zero-order valence-electron chi connectivity index (χ0n) is 39.0. The molecule has 0 saturated carbocycles. The predicted octanol–water partition coefficient (Wildman–Crippen LogP) is 0.838. The molecule has 2 amide bonds. The van der Waals surface area contributed by atoms with Gasteiger partial charge in [0.15, 0.2) is 19.1 Å². The van der Waals surface area contributed by atoms with Gasteiger partial charge >= 0.3 is 24.0 Å². The summed E-state index contributed by atoms with van der Waals surface area (Å²) in [4.78, 5) is 59.5. The number of hydrogen-bond acceptors (Lipinski definition) is 18. The van der Waals surface area contributed by atoms with Crippen molar-refractivity contribution in [3.63, 3.8) is 0 Å². The number of ether oxygens (including phenoxy) is 7. The standard InChI is InChI=1S/C44H79N3O18/c1-30(50)45-37-39(55)38(54)32(28-48)64-43(37)65-41-33(29-49)63-42(57)36(40(41)56)46-44(58)62-25-20-16-12-8-7-11-14-18-23-60-34(52)21-17-13-9-5-6-10-15-19-24-61-35(53)27-47(3,4)22-26-59-31(2)51/h32-33,36-43,48-49,54-57H,5-29H2,1-4H3,(H-,45,46,50,58)/p+1/t32?,33?,36?,37?,38-,39-,40-,41-,42-,43+/m0/s1. The van der Waals surface area contributed by atoms with E-state index < -0.39 is 86.5 Å². The first-order chi connectivity index (χ1) is 31.0. The van der Waals surface area contributed by atoms with Crippen molar-refractivity contribution in [1.82, 2.24) is 10.6 Å². The van der Waals surface area contributed by atoms with E-state index >= 15 is 0 Å². The van der Waals surface area contributed by atoms with Crippen molar-refractivity contribution < 1.29 is 92.3 Å². The Labute approximate surface area is 383 Å². The lowest BCUT2D eigenvalue weighted by Gasteiger charge is -2.47. The van der Waals surface area contributed by atoms with Crippen LogP contribution in [0.5, 0.6) is 0 Å². The van der Waals surface area contributed by atoms with Crippen molar-refractivity contribution in [2.75, 3.05) is 66.8 Å². The predicted molar refractivity (Wildman–Crippen MR) is 231 cm³/mol. The summed E-state index contributed by atoms with van der Waals surface area (Å²) >= 11 is 0. The normalized spacial score (nSPS) is 25.6. The quantitative estimate of drug-likeness (QED) is 0.0196. The van der Waals surface area contributed by atoms with E-state index in [2.05, 4.69) is 10.6 Å². The van der Waals surface area contributed by atoms with E-state index in [0.717, 1.165) is 103 Å². The third kappa shape index (κ3) is 23.9. The van der Waals surface area contributed by atoms with Crippen molar-refractivity contribution in [3.05, 3.63) is 0 Å². The van der Waals surface area contributed by atoms with Crippen molar-refractivity contribution in [1.29, 1.82) is 0 Å². The summed E-state index contributed by atoms with van der Waals surface area (Å²) < 4.78 is 38.1. The highest BCUT2D eigenvalue weighted by Crippen LogP contribution is 2.29. The van der Waals surface area contributed by atoms with Gasteiger partial charge in [-0.1, -0.05) is 77.0 Å². The van der Waals surface area contributed by atoms with E-state index in [1.165, 1.54) is 6.92 Å². The van der Waals surface area contributed by atoms with Gasteiger partial charge < -0.3 is 78.9 Å². The van der Waals surface area contributed by atoms with Crippen molar-refractivity contribution >= 4 is 29.9 Å². The number of alkyl carbamates (subject to hydrolysis) is 1. The summed E-state index contributed by atoms with van der Waals surface area (Å²) in [6, 6.07) is -2.82. The van der Waals surface area contributed by atoms with E-state index in [1.54, 1.807) is 0 Å². The van der Waals surface area contributed by atoms with Gasteiger partial charge in [0.1, 0.15) is 61.9 Å². The van der Waals surface area contributed by atoms with Crippen LogP contribution in [0.15, 0.2) is 0 Å². The molecule has 0 aliphatic carbocycles. The Balaban J connectivity index is 1.46. The Morgan fingerprint density at radius 1 is 0.554 bits per heavy atom. The lowest BCUT2D eigenvalue weighted by Crippen LogP contribution is -2.69. The highest BCUT2D eigenvalue weighted by atomic mass is 16.7. The Bertz CT molecular complexity index is 1380. The smallest absolute Gasteiger partial charge is 0.407 e. The average Bonchev–Trinajstić information content (AvgIpc) is 3.24. The molecular weight excluding hydrogens is 858 g/mol. The number of carbonyl (C=O) groups is 5. The summed E-state index contributed by atoms with van der Waals surface area (Å²) in [5, 5.41) is 66.7. The maximum Gasteiger partial charge on any atom is 0.407 e. The average molecular weight is 939 g/mol. The molecule has 65 heavy (non-hydrogen) atoms. The van der Waals surface area contributed by atoms with Crippen LogP contribution >= 0.6 is 0 Å². The molecule has 21 nitrogen and oxygen atoms in total. The first kappa shape index (κ1) is 57.9. The van der Waals surface area contributed by atoms with Gasteiger partial charge in [-0.2, -0.15) is 0 Å². The molecule has 10 atom stereocenters. The molecule has 0 spiro atoms. The van der Waals surface area contributed by atoms with Crippen molar-refractivity contribution in [2.45, 2.75) is 184 Å². The van der Waals surface area contributed by atoms with Gasteiger partial charge in [0.2, 0.25) is 5.91 Å². The number of rotatable bonds is 33. The van der Waals surface area contributed by atoms with E-state index in [-0.39, 0.29) is 37.7 Å². The summed E-state index contributed by atoms with van der Waals surface area (Å²) in [6.45, 7) is 3.01. The van der Waals surface area contributed by atoms with Gasteiger partial charge in [0.25, 0.3) is 0 Å². The van der Waals surface area contributed by atoms with Crippen LogP contribution in [-0.4, -0.2) is 193 Å². The summed E-state index contributed by atoms with van der Waals surface area (Å²) in [5.74, 6) is -1.34. The topological polar surface area (TPSA) is 295 Å². The molecule has 2 rings (SSSR count). The van der Waals surface area contributed by atoms with Crippen LogP contribution in [0.2, 0.25) is 0 Å². The van der Waals surface area contributed by atoms with Gasteiger partial charge in [-0.25, -0.2) is 9.59 Å². The highest BCUT2D eigenvalue weighted by Gasteiger charge is 2.51. The van der Waals surface area contributed by atoms with Crippen LogP contribution < -0.4 is 10.6 Å². The summed E-state index contributed by atoms with van der Waals surface area (Å²) in [7, 11) is 3.79. The van der Waals surface area contributed by atoms with Crippen LogP contribution in [0, 0.1) is 0 Å². The summed E-state index contributed by atoms with van der Waals surface area (Å²) in [5.41, 5.74) is 0. The third-order valence-corrected chi connectivity index (χ3v) is 11.3. The highest BCUT2D eigenvalue weighted by molar-refractivity contribution is 5.73. The van der Waals surface area contributed by atoms with Gasteiger partial charge in [0.05, 0.1) is 47.1 Å². The van der Waals surface area contributed by atoms with E-state index in [0.29, 0.717) is 37.1 Å². The maximum atomic E-state index is 12.6. The largest absolute Gasteiger partial charge is 0.466 e. The number of nitrogens with zero attached hydrogens (tertiary/aromatic N) is 1. The first-order valence-electron chi connectivity index (χ1n) is 23.4. The minimum Gasteiger partial charge on any atom is -0.466 e. The number of likely N-dealkylation sites (N-methyl/N-ethyl adjacent to an activating group) is 1. The zero-order chi connectivity index (χ0) is 48.2. The molecule has 21 heteroatoms. The second-order valence-electron chi connectivity index (χ2n) is 17.6. The number of carbonyl (C=O) groups excluding carboxylic acids is 5. The number of nitrogens with one attached hydrogen (secondary N) is 2. The number of aliphatic hydroxyl groups excluding tert-OH is 6. The van der Waals surface area contributed by atoms with E-state index in [1.807, 2.05) is 14.1 Å². The molecule has 0 aromatic heterocycles. The molecular formula is C44H80N3O18+. The van der Waals surface area contributed by atoms with Gasteiger partial charge in [-0.3, -0.25) is 14.4 Å². The first-order valence-corrected chi connectivity index (χ1v) is 23.4. The SMILES string of the molecule is CC(=O)NC1[C@@H](O[C@H]2C(CO)O[C@H](O)C(NC(=O)OCCCCCCCCCCOC(=O)CCCCCCCCCCOC(=O)C[N+](C)(C)CCOC(C)=O)[C@@H]2O)OC(CO)[C@H](O)[C@H]1O. The number of amides is 2. The van der Waals surface area contributed by atoms with E-state index in [4.69, 9.17) is 33.2 Å². The molecule has 2 aliphatic heterocycles. The molecule has 0 aromatic rings. The summed E-state index contributed by atoms with van der Waals surface area (Å²) in [6.07, 6.45) is 2.26. The van der Waals surface area contributed by atoms with Crippen molar-refractivity contribution in [3.8, 4) is 0 Å². The molecule has 8 N–H and O–H groups in total. The van der Waals surface area contributed by atoms with Gasteiger partial charge in [-0.05, 0) is 25.7 Å². The van der Waals surface area contributed by atoms with Crippen LogP contribution in [-0.2, 0) is 52.3 Å². The number of quaternary nitrogens is 1. The fraction of sp³-hybridized carbons (Fsp3) is 0.886. The fourth-order valence-corrected chi connectivity index (χ4v) is 7.54. The molecule has 0 radical (unpaired) electrons. The number of aliphatic hydroxyl groups is 6. The van der Waals surface area contributed by atoms with Crippen LogP contribution in [0.25, 0.3) is 0 Å².